The maximum Gasteiger partial charge on any atom is 0.222 e. The topological polar surface area (TPSA) is 20.3 Å². The Hall–Kier alpha value is -0.180. The molecule has 14 heavy (non-hydrogen) atoms. The van der Waals surface area contributed by atoms with Crippen LogP contribution >= 0.6 is 12.6 Å². The molecule has 0 aromatic heterocycles. The summed E-state index contributed by atoms with van der Waals surface area (Å²) in [5, 5.41) is 0. The highest BCUT2D eigenvalue weighted by atomic mass is 32.1. The molecule has 1 rings (SSSR count). The number of likely N-dealkylation sites (tertiary alicyclic amines) is 1. The van der Waals surface area contributed by atoms with Crippen LogP contribution in [0.1, 0.15) is 39.0 Å². The van der Waals surface area contributed by atoms with Gasteiger partial charge in [-0.15, -0.1) is 0 Å². The van der Waals surface area contributed by atoms with Crippen molar-refractivity contribution in [1.82, 2.24) is 4.90 Å². The molecule has 0 spiro atoms. The van der Waals surface area contributed by atoms with E-state index >= 15 is 0 Å². The van der Waals surface area contributed by atoms with Crippen molar-refractivity contribution in [3.8, 4) is 0 Å². The van der Waals surface area contributed by atoms with Gasteiger partial charge in [-0.05, 0) is 37.4 Å². The Morgan fingerprint density at radius 1 is 1.43 bits per heavy atom. The zero-order chi connectivity index (χ0) is 10.4. The number of amides is 1. The lowest BCUT2D eigenvalue weighted by Crippen LogP contribution is -2.36. The van der Waals surface area contributed by atoms with Gasteiger partial charge in [-0.2, -0.15) is 12.6 Å². The average molecular weight is 215 g/mol. The summed E-state index contributed by atoms with van der Waals surface area (Å²) in [7, 11) is 0. The highest BCUT2D eigenvalue weighted by Crippen LogP contribution is 2.14. The molecule has 2 nitrogen and oxygen atoms in total. The van der Waals surface area contributed by atoms with Crippen LogP contribution in [0.5, 0.6) is 0 Å². The molecule has 1 fully saturated rings. The van der Waals surface area contributed by atoms with Crippen molar-refractivity contribution >= 4 is 18.5 Å². The van der Waals surface area contributed by atoms with Gasteiger partial charge in [0.2, 0.25) is 5.91 Å². The van der Waals surface area contributed by atoms with Gasteiger partial charge >= 0.3 is 0 Å². The van der Waals surface area contributed by atoms with E-state index in [2.05, 4.69) is 19.6 Å². The smallest absolute Gasteiger partial charge is 0.222 e. The molecule has 1 unspecified atom stereocenters. The minimum Gasteiger partial charge on any atom is -0.343 e. The Kier molecular flexibility index (Phi) is 5.38. The maximum atomic E-state index is 11.5. The van der Waals surface area contributed by atoms with Gasteiger partial charge < -0.3 is 4.90 Å². The van der Waals surface area contributed by atoms with Crippen molar-refractivity contribution in [3.05, 3.63) is 0 Å². The first kappa shape index (κ1) is 11.9. The van der Waals surface area contributed by atoms with Crippen molar-refractivity contribution in [1.29, 1.82) is 0 Å². The predicted molar refractivity (Wildman–Crippen MR) is 62.7 cm³/mol. The van der Waals surface area contributed by atoms with Gasteiger partial charge in [0.15, 0.2) is 0 Å². The van der Waals surface area contributed by atoms with E-state index < -0.39 is 0 Å². The predicted octanol–water partition coefficient (Wildman–Crippen LogP) is 2.35. The highest BCUT2D eigenvalue weighted by molar-refractivity contribution is 7.80. The molecular weight excluding hydrogens is 194 g/mol. The van der Waals surface area contributed by atoms with E-state index in [0.29, 0.717) is 11.8 Å². The van der Waals surface area contributed by atoms with Crippen LogP contribution in [0.4, 0.5) is 0 Å². The Balaban J connectivity index is 2.19. The Morgan fingerprint density at radius 3 is 2.86 bits per heavy atom. The first-order valence-electron chi connectivity index (χ1n) is 5.62. The van der Waals surface area contributed by atoms with Crippen LogP contribution in [0, 0.1) is 5.92 Å². The van der Waals surface area contributed by atoms with Crippen LogP contribution in [0.15, 0.2) is 0 Å². The molecule has 0 aromatic rings. The van der Waals surface area contributed by atoms with Crippen molar-refractivity contribution in [3.63, 3.8) is 0 Å². The van der Waals surface area contributed by atoms with Crippen LogP contribution in [0.25, 0.3) is 0 Å². The molecule has 0 saturated carbocycles. The van der Waals surface area contributed by atoms with Crippen LogP contribution in [-0.4, -0.2) is 29.6 Å². The standard InChI is InChI=1S/C11H21NOS/c1-10(6-9-14)5-8-12-7-3-2-4-11(12)13/h10,14H,2-9H2,1H3. The van der Waals surface area contributed by atoms with E-state index in [9.17, 15) is 4.79 Å². The average Bonchev–Trinajstić information content (AvgIpc) is 2.17. The Bertz CT molecular complexity index is 184. The largest absolute Gasteiger partial charge is 0.343 e. The summed E-state index contributed by atoms with van der Waals surface area (Å²) in [4.78, 5) is 13.5. The molecule has 1 heterocycles. The molecule has 1 atom stereocenters. The van der Waals surface area contributed by atoms with Gasteiger partial charge in [-0.3, -0.25) is 4.79 Å². The van der Waals surface area contributed by atoms with Crippen LogP contribution in [0.3, 0.4) is 0 Å². The molecule has 0 bridgehead atoms. The first-order valence-corrected chi connectivity index (χ1v) is 6.26. The third-order valence-electron chi connectivity index (χ3n) is 2.94. The van der Waals surface area contributed by atoms with Crippen LogP contribution in [-0.2, 0) is 4.79 Å². The van der Waals surface area contributed by atoms with E-state index in [-0.39, 0.29) is 0 Å². The van der Waals surface area contributed by atoms with E-state index in [0.717, 1.165) is 44.5 Å². The molecule has 0 radical (unpaired) electrons. The van der Waals surface area contributed by atoms with Crippen LogP contribution in [0.2, 0.25) is 0 Å². The monoisotopic (exact) mass is 215 g/mol. The first-order chi connectivity index (χ1) is 6.74. The number of piperidine rings is 1. The van der Waals surface area contributed by atoms with Gasteiger partial charge in [0.05, 0.1) is 0 Å². The number of hydrogen-bond donors (Lipinski definition) is 1. The Labute approximate surface area is 92.5 Å². The minimum atomic E-state index is 0.356. The number of carbonyl (C=O) groups excluding carboxylic acids is 1. The van der Waals surface area contributed by atoms with Gasteiger partial charge in [-0.1, -0.05) is 6.92 Å². The molecular formula is C11H21NOS. The molecule has 1 aliphatic heterocycles. The maximum absolute atomic E-state index is 11.5. The molecule has 3 heteroatoms. The van der Waals surface area contributed by atoms with E-state index in [1.54, 1.807) is 0 Å². The highest BCUT2D eigenvalue weighted by Gasteiger charge is 2.17. The van der Waals surface area contributed by atoms with E-state index in [1.807, 2.05) is 4.90 Å². The fourth-order valence-electron chi connectivity index (χ4n) is 1.84. The molecule has 1 aliphatic rings. The second-order valence-corrected chi connectivity index (χ2v) is 4.69. The Morgan fingerprint density at radius 2 is 2.21 bits per heavy atom. The second-order valence-electron chi connectivity index (χ2n) is 4.24. The lowest BCUT2D eigenvalue weighted by molar-refractivity contribution is -0.133. The number of hydrogen-bond acceptors (Lipinski definition) is 2. The van der Waals surface area contributed by atoms with Gasteiger partial charge in [-0.25, -0.2) is 0 Å². The van der Waals surface area contributed by atoms with Crippen LogP contribution < -0.4 is 0 Å². The second kappa shape index (κ2) is 6.33. The summed E-state index contributed by atoms with van der Waals surface area (Å²) >= 11 is 4.22. The number of carbonyl (C=O) groups is 1. The van der Waals surface area contributed by atoms with Crippen molar-refractivity contribution in [2.45, 2.75) is 39.0 Å². The number of nitrogens with zero attached hydrogens (tertiary/aromatic N) is 1. The summed E-state index contributed by atoms with van der Waals surface area (Å²) in [5.74, 6) is 2.01. The number of thiol groups is 1. The van der Waals surface area contributed by atoms with E-state index in [4.69, 9.17) is 0 Å². The molecule has 0 N–H and O–H groups in total. The zero-order valence-electron chi connectivity index (χ0n) is 9.04. The molecule has 1 amide bonds. The summed E-state index contributed by atoms with van der Waals surface area (Å²) in [5.41, 5.74) is 0. The third-order valence-corrected chi connectivity index (χ3v) is 3.19. The molecule has 82 valence electrons. The normalized spacial score (nSPS) is 19.9. The fourth-order valence-corrected chi connectivity index (χ4v) is 2.28. The lowest BCUT2D eigenvalue weighted by Gasteiger charge is -2.27. The molecule has 1 saturated heterocycles. The van der Waals surface area contributed by atoms with Crippen molar-refractivity contribution < 1.29 is 4.79 Å². The quantitative estimate of drug-likeness (QED) is 0.698. The lowest BCUT2D eigenvalue weighted by atomic mass is 10.0. The summed E-state index contributed by atoms with van der Waals surface area (Å²) < 4.78 is 0. The van der Waals surface area contributed by atoms with Gasteiger partial charge in [0.1, 0.15) is 0 Å². The van der Waals surface area contributed by atoms with Gasteiger partial charge in [0.25, 0.3) is 0 Å². The summed E-state index contributed by atoms with van der Waals surface area (Å²) in [6.07, 6.45) is 5.33. The SMILES string of the molecule is CC(CCS)CCN1CCCCC1=O. The van der Waals surface area contributed by atoms with Crippen molar-refractivity contribution in [2.75, 3.05) is 18.8 Å². The molecule has 0 aromatic carbocycles. The summed E-state index contributed by atoms with van der Waals surface area (Å²) in [6.45, 7) is 4.17. The summed E-state index contributed by atoms with van der Waals surface area (Å²) in [6, 6.07) is 0. The fraction of sp³-hybridized carbons (Fsp3) is 0.909. The molecule has 0 aliphatic carbocycles. The minimum absolute atomic E-state index is 0.356. The zero-order valence-corrected chi connectivity index (χ0v) is 9.93. The third kappa shape index (κ3) is 3.91. The number of rotatable bonds is 5. The van der Waals surface area contributed by atoms with E-state index in [1.165, 1.54) is 6.42 Å². The van der Waals surface area contributed by atoms with Gasteiger partial charge in [0, 0.05) is 19.5 Å². The van der Waals surface area contributed by atoms with Crippen molar-refractivity contribution in [2.24, 2.45) is 5.92 Å².